The maximum Gasteiger partial charge on any atom is 0.255 e. The maximum atomic E-state index is 14.8. The van der Waals surface area contributed by atoms with Gasteiger partial charge in [0.25, 0.3) is 5.91 Å². The second kappa shape index (κ2) is 24.7. The number of nitrogens with zero attached hydrogens (tertiary/aromatic N) is 4. The third-order valence-electron chi connectivity index (χ3n) is 12.1. The highest BCUT2D eigenvalue weighted by Gasteiger charge is 2.37. The van der Waals surface area contributed by atoms with Crippen LogP contribution in [-0.2, 0) is 24.5 Å². The maximum absolute atomic E-state index is 14.8. The summed E-state index contributed by atoms with van der Waals surface area (Å²) in [6, 6.07) is 22.7. The molecule has 14 nitrogen and oxygen atoms in total. The second-order valence-corrected chi connectivity index (χ2v) is 20.4. The van der Waals surface area contributed by atoms with Gasteiger partial charge in [0.1, 0.15) is 41.5 Å². The summed E-state index contributed by atoms with van der Waals surface area (Å²) in [4.78, 5) is 62.5. The van der Waals surface area contributed by atoms with Crippen LogP contribution in [0.2, 0.25) is 0 Å². The molecule has 2 aromatic carbocycles. The number of hydrogen-bond acceptors (Lipinski definition) is 12. The molecule has 0 saturated carbocycles. The molecule has 0 spiro atoms. The van der Waals surface area contributed by atoms with Crippen LogP contribution >= 0.6 is 21.6 Å². The number of carbonyl (C=O) groups is 4. The molecule has 1 saturated heterocycles. The molecule has 6 rings (SSSR count). The van der Waals surface area contributed by atoms with Crippen molar-refractivity contribution in [1.82, 2.24) is 25.1 Å². The number of hydrogen-bond donors (Lipinski definition) is 2. The molecule has 3 aromatic rings. The van der Waals surface area contributed by atoms with Gasteiger partial charge in [0.05, 0.1) is 21.9 Å². The lowest BCUT2D eigenvalue weighted by Crippen LogP contribution is -2.52. The number of anilines is 1. The molecule has 0 radical (unpaired) electrons. The molecule has 2 N–H and O–H groups in total. The second-order valence-electron chi connectivity index (χ2n) is 16.5. The lowest BCUT2D eigenvalue weighted by molar-refractivity contribution is -0.129. The van der Waals surface area contributed by atoms with E-state index in [0.29, 0.717) is 74.0 Å². The van der Waals surface area contributed by atoms with E-state index in [4.69, 9.17) is 4.42 Å². The standard InChI is InChI=1S/C50H62N6O8S3/c1-5-54(6-2)35-24-26-39-44(32-35)64-45-33-36(55(7-3)8-4)25-27-40(45)48(39)37-18-13-14-19-38(37)50(60)56-30-17-20-42(56)49(59)53-41(34-67(61,62)63)43(57)21-11-9-10-12-22-46(58)51-29-31-65-66-47-23-15-16-28-52-47/h13-16,18-19,23-28,32-33,41-42H,5-12,17,20-22,29-31,34H2,1-4H3,(H2-,51,53,58,59,61,62,63). The van der Waals surface area contributed by atoms with Gasteiger partial charge in [-0.2, -0.15) is 0 Å². The highest BCUT2D eigenvalue weighted by Crippen LogP contribution is 2.42. The molecule has 3 amide bonds. The fourth-order valence-electron chi connectivity index (χ4n) is 8.67. The number of pyridine rings is 1. The smallest absolute Gasteiger partial charge is 0.255 e. The van der Waals surface area contributed by atoms with Gasteiger partial charge in [0, 0.05) is 90.9 Å². The van der Waals surface area contributed by atoms with Gasteiger partial charge in [-0.1, -0.05) is 47.9 Å². The van der Waals surface area contributed by atoms with E-state index in [-0.39, 0.29) is 24.8 Å². The van der Waals surface area contributed by atoms with Crippen molar-refractivity contribution in [2.24, 2.45) is 0 Å². The van der Waals surface area contributed by atoms with E-state index in [2.05, 4.69) is 64.9 Å². The van der Waals surface area contributed by atoms with Gasteiger partial charge in [0.2, 0.25) is 17.2 Å². The predicted molar refractivity (Wildman–Crippen MR) is 267 cm³/mol. The Labute approximate surface area is 401 Å². The molecule has 1 fully saturated rings. The third-order valence-corrected chi connectivity index (χ3v) is 15.1. The molecular weight excluding hydrogens is 909 g/mol. The predicted octanol–water partition coefficient (Wildman–Crippen LogP) is 7.36. The molecular formula is C50H62N6O8S3. The fourth-order valence-corrected chi connectivity index (χ4v) is 11.1. The number of aromatic nitrogens is 1. The van der Waals surface area contributed by atoms with Crippen molar-refractivity contribution in [3.63, 3.8) is 0 Å². The first kappa shape index (κ1) is 51.2. The molecule has 17 heteroatoms. The summed E-state index contributed by atoms with van der Waals surface area (Å²) in [7, 11) is -1.75. The number of fused-ring (bicyclic) bond motifs is 2. The SMILES string of the molecule is CCN(CC)c1ccc2c(-c3ccccc3C(=O)N3CCCC3C(=O)NC(CS(=O)(=O)[O-])C(=O)CCCCCCC(=O)NCCSSc3ccccn3)c3ccc(=[N+](CC)CC)cc-3oc2c1. The van der Waals surface area contributed by atoms with Crippen LogP contribution in [-0.4, -0.2) is 109 Å². The van der Waals surface area contributed by atoms with Crippen LogP contribution in [0.15, 0.2) is 94.5 Å². The molecule has 0 bridgehead atoms. The van der Waals surface area contributed by atoms with Crippen molar-refractivity contribution in [3.05, 3.63) is 96.0 Å². The topological polar surface area (TPSA) is 185 Å². The Balaban J connectivity index is 1.13. The summed E-state index contributed by atoms with van der Waals surface area (Å²) in [5.74, 6) is -1.41. The number of rotatable bonds is 24. The van der Waals surface area contributed by atoms with Gasteiger partial charge >= 0.3 is 0 Å². The molecule has 2 unspecified atom stereocenters. The minimum absolute atomic E-state index is 0.0575. The van der Waals surface area contributed by atoms with Crippen molar-refractivity contribution in [2.75, 3.05) is 55.7 Å². The number of amides is 3. The number of likely N-dealkylation sites (tertiary alicyclic amines) is 1. The lowest BCUT2D eigenvalue weighted by atomic mass is 9.90. The normalized spacial score (nSPS) is 14.3. The molecule has 67 heavy (non-hydrogen) atoms. The van der Waals surface area contributed by atoms with E-state index < -0.39 is 39.6 Å². The number of ketones is 1. The van der Waals surface area contributed by atoms with Crippen LogP contribution in [0.4, 0.5) is 5.69 Å². The van der Waals surface area contributed by atoms with E-state index >= 15 is 0 Å². The molecule has 3 aliphatic rings. The average molecular weight is 971 g/mol. The van der Waals surface area contributed by atoms with Crippen LogP contribution < -0.4 is 25.5 Å². The Kier molecular flexibility index (Phi) is 18.9. The highest BCUT2D eigenvalue weighted by atomic mass is 33.1. The largest absolute Gasteiger partial charge is 0.748 e. The number of carbonyl (C=O) groups excluding carboxylic acids is 4. The monoisotopic (exact) mass is 970 g/mol. The quantitative estimate of drug-likeness (QED) is 0.0206. The van der Waals surface area contributed by atoms with E-state index in [1.54, 1.807) is 39.9 Å². The summed E-state index contributed by atoms with van der Waals surface area (Å²) in [6.07, 6.45) is 5.08. The summed E-state index contributed by atoms with van der Waals surface area (Å²) >= 11 is 0. The Hall–Kier alpha value is -5.23. The molecule has 2 atom stereocenters. The molecule has 1 aromatic heterocycles. The van der Waals surface area contributed by atoms with Crippen molar-refractivity contribution >= 4 is 71.9 Å². The zero-order valence-electron chi connectivity index (χ0n) is 38.8. The van der Waals surface area contributed by atoms with Crippen molar-refractivity contribution in [2.45, 2.75) is 96.2 Å². The number of benzene rings is 3. The molecule has 2 aliphatic heterocycles. The lowest BCUT2D eigenvalue weighted by Gasteiger charge is -2.28. The van der Waals surface area contributed by atoms with E-state index in [1.165, 1.54) is 4.90 Å². The van der Waals surface area contributed by atoms with Crippen LogP contribution in [0, 0.1) is 0 Å². The first-order valence-corrected chi connectivity index (χ1v) is 27.2. The summed E-state index contributed by atoms with van der Waals surface area (Å²) in [6.45, 7) is 12.5. The van der Waals surface area contributed by atoms with E-state index in [1.807, 2.05) is 54.6 Å². The van der Waals surface area contributed by atoms with Gasteiger partial charge < -0.3 is 29.4 Å². The summed E-state index contributed by atoms with van der Waals surface area (Å²) in [5, 5.41) is 8.20. The van der Waals surface area contributed by atoms with Crippen molar-refractivity contribution < 1.29 is 36.6 Å². The van der Waals surface area contributed by atoms with Crippen molar-refractivity contribution in [3.8, 4) is 22.5 Å². The van der Waals surface area contributed by atoms with E-state index in [9.17, 15) is 32.1 Å². The number of nitrogens with one attached hydrogen (secondary N) is 2. The van der Waals surface area contributed by atoms with Gasteiger partial charge in [0.15, 0.2) is 5.78 Å². The van der Waals surface area contributed by atoms with Gasteiger partial charge in [-0.15, -0.1) is 0 Å². The minimum atomic E-state index is -4.91. The Morgan fingerprint density at radius 1 is 0.910 bits per heavy atom. The Bertz CT molecular complexity index is 2650. The summed E-state index contributed by atoms with van der Waals surface area (Å²) in [5.41, 5.74) is 4.34. The zero-order valence-corrected chi connectivity index (χ0v) is 41.3. The minimum Gasteiger partial charge on any atom is -0.748 e. The molecule has 3 heterocycles. The number of Topliss-reactive ketones (excluding diaryl/α,β-unsaturated/α-hetero) is 1. The fraction of sp³-hybridized carbons (Fsp3) is 0.440. The first-order valence-electron chi connectivity index (χ1n) is 23.3. The zero-order chi connectivity index (χ0) is 47.9. The van der Waals surface area contributed by atoms with Crippen LogP contribution in [0.3, 0.4) is 0 Å². The van der Waals surface area contributed by atoms with Crippen LogP contribution in [0.1, 0.15) is 89.4 Å². The highest BCUT2D eigenvalue weighted by molar-refractivity contribution is 8.76. The van der Waals surface area contributed by atoms with Crippen LogP contribution in [0.25, 0.3) is 33.4 Å². The van der Waals surface area contributed by atoms with Gasteiger partial charge in [-0.05, 0) is 106 Å². The van der Waals surface area contributed by atoms with Crippen molar-refractivity contribution in [1.29, 1.82) is 0 Å². The van der Waals surface area contributed by atoms with Crippen LogP contribution in [0.5, 0.6) is 0 Å². The Morgan fingerprint density at radius 3 is 2.37 bits per heavy atom. The van der Waals surface area contributed by atoms with Gasteiger partial charge in [-0.25, -0.2) is 18.0 Å². The third kappa shape index (κ3) is 13.7. The van der Waals surface area contributed by atoms with E-state index in [0.717, 1.165) is 64.5 Å². The molecule has 1 aliphatic carbocycles. The van der Waals surface area contributed by atoms with Gasteiger partial charge in [-0.3, -0.25) is 19.2 Å². The summed E-state index contributed by atoms with van der Waals surface area (Å²) < 4.78 is 44.9. The molecule has 358 valence electrons. The average Bonchev–Trinajstić information content (AvgIpc) is 3.82. The first-order chi connectivity index (χ1) is 32.3. The number of unbranched alkanes of at least 4 members (excludes halogenated alkanes) is 3. The Morgan fingerprint density at radius 2 is 1.66 bits per heavy atom.